The molecule has 0 aliphatic carbocycles. The molecule has 0 bridgehead atoms. The van der Waals surface area contributed by atoms with Crippen LogP contribution in [0, 0.1) is 0 Å². The number of anilines is 1. The van der Waals surface area contributed by atoms with Gasteiger partial charge in [-0.1, -0.05) is 42.5 Å². The number of thiazole rings is 1. The van der Waals surface area contributed by atoms with Crippen LogP contribution < -0.4 is 10.1 Å². The predicted octanol–water partition coefficient (Wildman–Crippen LogP) is 5.90. The average Bonchev–Trinajstić information content (AvgIpc) is 3.40. The Morgan fingerprint density at radius 3 is 2.87 bits per heavy atom. The number of aromatic nitrogens is 1. The molecule has 3 aromatic carbocycles. The molecule has 6 heteroatoms. The van der Waals surface area contributed by atoms with E-state index in [1.807, 2.05) is 41.8 Å². The number of rotatable bonds is 5. The van der Waals surface area contributed by atoms with Crippen LogP contribution in [0.2, 0.25) is 0 Å². The van der Waals surface area contributed by atoms with E-state index >= 15 is 0 Å². The third kappa shape index (κ3) is 3.42. The molecule has 2 heterocycles. The lowest BCUT2D eigenvalue weighted by Gasteiger charge is -2.04. The van der Waals surface area contributed by atoms with Crippen LogP contribution in [-0.4, -0.2) is 18.0 Å². The lowest BCUT2D eigenvalue weighted by molar-refractivity contribution is -0.115. The summed E-state index contributed by atoms with van der Waals surface area (Å²) < 4.78 is 10.8. The average molecular weight is 414 g/mol. The van der Waals surface area contributed by atoms with Gasteiger partial charge >= 0.3 is 0 Å². The largest absolute Gasteiger partial charge is 0.497 e. The number of methoxy groups -OCH3 is 1. The van der Waals surface area contributed by atoms with Gasteiger partial charge in [-0.15, -0.1) is 11.3 Å². The second-order valence-corrected chi connectivity index (χ2v) is 7.77. The molecule has 0 atom stereocenters. The Morgan fingerprint density at radius 1 is 1.10 bits per heavy atom. The summed E-state index contributed by atoms with van der Waals surface area (Å²) in [4.78, 5) is 17.2. The first-order valence-corrected chi connectivity index (χ1v) is 10.4. The minimum atomic E-state index is -0.132. The lowest BCUT2D eigenvalue weighted by Crippen LogP contribution is -2.13. The molecule has 0 aliphatic heterocycles. The molecule has 5 nitrogen and oxygen atoms in total. The predicted molar refractivity (Wildman–Crippen MR) is 120 cm³/mol. The SMILES string of the molecule is COc1ccc2c(CC(=O)Nc3nc(-c4cccc5ccccc45)cs3)coc2c1. The second-order valence-electron chi connectivity index (χ2n) is 6.91. The number of ether oxygens (including phenoxy) is 1. The van der Waals surface area contributed by atoms with E-state index < -0.39 is 0 Å². The Kier molecular flexibility index (Phi) is 4.69. The molecular formula is C24H18N2O3S. The van der Waals surface area contributed by atoms with Crippen LogP contribution in [0.5, 0.6) is 5.75 Å². The molecular weight excluding hydrogens is 396 g/mol. The maximum absolute atomic E-state index is 12.6. The standard InChI is InChI=1S/C24H18N2O3S/c1-28-17-9-10-19-16(13-29-22(19)12-17)11-23(27)26-24-25-21(14-30-24)20-8-4-6-15-5-2-3-7-18(15)20/h2-10,12-14H,11H2,1H3,(H,25,26,27). The van der Waals surface area contributed by atoms with Gasteiger partial charge in [-0.3, -0.25) is 4.79 Å². The first-order valence-electron chi connectivity index (χ1n) is 9.49. The minimum Gasteiger partial charge on any atom is -0.497 e. The molecule has 0 radical (unpaired) electrons. The zero-order valence-electron chi connectivity index (χ0n) is 16.2. The van der Waals surface area contributed by atoms with E-state index in [1.165, 1.54) is 11.3 Å². The van der Waals surface area contributed by atoms with Crippen molar-refractivity contribution in [2.75, 3.05) is 12.4 Å². The maximum Gasteiger partial charge on any atom is 0.230 e. The van der Waals surface area contributed by atoms with Crippen LogP contribution in [0.1, 0.15) is 5.56 Å². The Morgan fingerprint density at radius 2 is 1.97 bits per heavy atom. The molecule has 0 aliphatic rings. The highest BCUT2D eigenvalue weighted by Gasteiger charge is 2.14. The first-order chi connectivity index (χ1) is 14.7. The molecule has 5 aromatic rings. The molecule has 1 amide bonds. The third-order valence-corrected chi connectivity index (χ3v) is 5.79. The molecule has 30 heavy (non-hydrogen) atoms. The van der Waals surface area contributed by atoms with Crippen LogP contribution >= 0.6 is 11.3 Å². The van der Waals surface area contributed by atoms with Crippen LogP contribution in [-0.2, 0) is 11.2 Å². The summed E-state index contributed by atoms with van der Waals surface area (Å²) in [5.41, 5.74) is 3.44. The van der Waals surface area contributed by atoms with Crippen LogP contribution in [0.3, 0.4) is 0 Å². The van der Waals surface area contributed by atoms with Gasteiger partial charge in [0, 0.05) is 28.0 Å². The van der Waals surface area contributed by atoms with Crippen molar-refractivity contribution in [1.29, 1.82) is 0 Å². The second kappa shape index (κ2) is 7.65. The quantitative estimate of drug-likeness (QED) is 0.389. The Bertz CT molecular complexity index is 1360. The summed E-state index contributed by atoms with van der Waals surface area (Å²) >= 11 is 1.42. The first kappa shape index (κ1) is 18.4. The zero-order chi connectivity index (χ0) is 20.5. The summed E-state index contributed by atoms with van der Waals surface area (Å²) in [7, 11) is 1.61. The number of carbonyl (C=O) groups excluding carboxylic acids is 1. The zero-order valence-corrected chi connectivity index (χ0v) is 17.0. The minimum absolute atomic E-state index is 0.132. The summed E-state index contributed by atoms with van der Waals surface area (Å²) in [6.45, 7) is 0. The van der Waals surface area contributed by atoms with Crippen molar-refractivity contribution in [3.05, 3.63) is 77.9 Å². The molecule has 0 saturated carbocycles. The van der Waals surface area contributed by atoms with E-state index in [9.17, 15) is 4.79 Å². The van der Waals surface area contributed by atoms with Crippen LogP contribution in [0.15, 0.2) is 76.7 Å². The molecule has 0 saturated heterocycles. The number of furan rings is 1. The van der Waals surface area contributed by atoms with Gasteiger partial charge in [0.2, 0.25) is 5.91 Å². The summed E-state index contributed by atoms with van der Waals surface area (Å²) in [5, 5.41) is 8.67. The van der Waals surface area contributed by atoms with E-state index in [2.05, 4.69) is 34.6 Å². The Hall–Kier alpha value is -3.64. The van der Waals surface area contributed by atoms with Crippen molar-refractivity contribution in [1.82, 2.24) is 4.98 Å². The highest BCUT2D eigenvalue weighted by molar-refractivity contribution is 7.14. The van der Waals surface area contributed by atoms with Crippen LogP contribution in [0.4, 0.5) is 5.13 Å². The topological polar surface area (TPSA) is 64.4 Å². The number of nitrogens with zero attached hydrogens (tertiary/aromatic N) is 1. The fourth-order valence-corrected chi connectivity index (χ4v) is 4.29. The van der Waals surface area contributed by atoms with Crippen LogP contribution in [0.25, 0.3) is 33.0 Å². The highest BCUT2D eigenvalue weighted by atomic mass is 32.1. The summed E-state index contributed by atoms with van der Waals surface area (Å²) in [5.74, 6) is 0.587. The van der Waals surface area contributed by atoms with Gasteiger partial charge in [-0.05, 0) is 22.9 Å². The van der Waals surface area contributed by atoms with Gasteiger partial charge in [0.15, 0.2) is 5.13 Å². The van der Waals surface area contributed by atoms with Gasteiger partial charge in [-0.2, -0.15) is 0 Å². The van der Waals surface area contributed by atoms with E-state index in [4.69, 9.17) is 9.15 Å². The molecule has 0 spiro atoms. The van der Waals surface area contributed by atoms with E-state index in [-0.39, 0.29) is 12.3 Å². The molecule has 2 aromatic heterocycles. The fraction of sp³-hybridized carbons (Fsp3) is 0.0833. The highest BCUT2D eigenvalue weighted by Crippen LogP contribution is 2.31. The number of carbonyl (C=O) groups is 1. The van der Waals surface area contributed by atoms with Crippen molar-refractivity contribution >= 4 is 44.1 Å². The molecule has 5 rings (SSSR count). The van der Waals surface area contributed by atoms with Gasteiger partial charge in [0.05, 0.1) is 25.5 Å². The number of hydrogen-bond donors (Lipinski definition) is 1. The number of nitrogens with one attached hydrogen (secondary N) is 1. The Balaban J connectivity index is 1.35. The number of fused-ring (bicyclic) bond motifs is 2. The van der Waals surface area contributed by atoms with Crippen molar-refractivity contribution in [3.8, 4) is 17.0 Å². The van der Waals surface area contributed by atoms with Crippen molar-refractivity contribution in [2.24, 2.45) is 0 Å². The number of amides is 1. The number of benzene rings is 3. The van der Waals surface area contributed by atoms with E-state index in [0.717, 1.165) is 38.7 Å². The lowest BCUT2D eigenvalue weighted by atomic mass is 10.0. The van der Waals surface area contributed by atoms with Gasteiger partial charge < -0.3 is 14.5 Å². The monoisotopic (exact) mass is 414 g/mol. The van der Waals surface area contributed by atoms with Gasteiger partial charge in [0.1, 0.15) is 11.3 Å². The summed E-state index contributed by atoms with van der Waals surface area (Å²) in [6.07, 6.45) is 1.83. The molecule has 148 valence electrons. The van der Waals surface area contributed by atoms with Gasteiger partial charge in [0.25, 0.3) is 0 Å². The van der Waals surface area contributed by atoms with Gasteiger partial charge in [-0.25, -0.2) is 4.98 Å². The van der Waals surface area contributed by atoms with E-state index in [0.29, 0.717) is 10.7 Å². The normalized spacial score (nSPS) is 11.1. The molecule has 0 unspecified atom stereocenters. The number of hydrogen-bond acceptors (Lipinski definition) is 5. The van der Waals surface area contributed by atoms with Crippen molar-refractivity contribution in [3.63, 3.8) is 0 Å². The van der Waals surface area contributed by atoms with E-state index in [1.54, 1.807) is 13.4 Å². The smallest absolute Gasteiger partial charge is 0.230 e. The fourth-order valence-electron chi connectivity index (χ4n) is 3.57. The Labute approximate surface area is 176 Å². The summed E-state index contributed by atoms with van der Waals surface area (Å²) in [6, 6.07) is 19.9. The van der Waals surface area contributed by atoms with Crippen molar-refractivity contribution in [2.45, 2.75) is 6.42 Å². The molecule has 1 N–H and O–H groups in total. The third-order valence-electron chi connectivity index (χ3n) is 5.03. The maximum atomic E-state index is 12.6. The molecule has 0 fully saturated rings. The van der Waals surface area contributed by atoms with Crippen molar-refractivity contribution < 1.29 is 13.9 Å².